The Morgan fingerprint density at radius 2 is 1.91 bits per heavy atom. The van der Waals surface area contributed by atoms with Gasteiger partial charge in [-0.1, -0.05) is 51.0 Å². The van der Waals surface area contributed by atoms with Gasteiger partial charge < -0.3 is 19.8 Å². The highest BCUT2D eigenvalue weighted by Gasteiger charge is 2.71. The number of thioether (sulfide) groups is 1. The lowest BCUT2D eigenvalue weighted by atomic mass is 9.78. The van der Waals surface area contributed by atoms with Crippen molar-refractivity contribution in [2.45, 2.75) is 61.6 Å². The second-order valence-corrected chi connectivity index (χ2v) is 10.9. The van der Waals surface area contributed by atoms with Crippen molar-refractivity contribution in [1.82, 2.24) is 14.7 Å². The molecule has 0 aromatic heterocycles. The van der Waals surface area contributed by atoms with Gasteiger partial charge in [0.05, 0.1) is 29.2 Å². The second kappa shape index (κ2) is 9.21. The van der Waals surface area contributed by atoms with Gasteiger partial charge in [0, 0.05) is 31.9 Å². The van der Waals surface area contributed by atoms with Crippen molar-refractivity contribution in [2.75, 3.05) is 33.3 Å². The van der Waals surface area contributed by atoms with E-state index in [9.17, 15) is 19.5 Å². The van der Waals surface area contributed by atoms with Crippen LogP contribution in [0.3, 0.4) is 0 Å². The molecule has 8 heteroatoms. The first-order chi connectivity index (χ1) is 15.4. The number of carbonyl (C=O) groups is 3. The Morgan fingerprint density at radius 1 is 1.12 bits per heavy atom. The van der Waals surface area contributed by atoms with Crippen molar-refractivity contribution in [3.8, 4) is 0 Å². The maximum Gasteiger partial charge on any atom is 0.247 e. The molecule has 3 amide bonds. The highest BCUT2D eigenvalue weighted by molar-refractivity contribution is 8.02. The lowest BCUT2D eigenvalue weighted by molar-refractivity contribution is -0.146. The van der Waals surface area contributed by atoms with E-state index in [1.807, 2.05) is 36.1 Å². The van der Waals surface area contributed by atoms with E-state index in [4.69, 9.17) is 0 Å². The van der Waals surface area contributed by atoms with Crippen molar-refractivity contribution in [3.05, 3.63) is 24.3 Å². The van der Waals surface area contributed by atoms with Crippen molar-refractivity contribution < 1.29 is 19.5 Å². The van der Waals surface area contributed by atoms with Crippen LogP contribution < -0.4 is 0 Å². The number of likely N-dealkylation sites (tertiary alicyclic amines) is 1. The number of fused-ring (bicyclic) bond motifs is 2. The normalized spacial score (nSPS) is 35.0. The Morgan fingerprint density at radius 3 is 2.59 bits per heavy atom. The number of rotatable bonds is 7. The molecule has 0 radical (unpaired) electrons. The molecule has 7 nitrogen and oxygen atoms in total. The van der Waals surface area contributed by atoms with Gasteiger partial charge in [-0.05, 0) is 12.8 Å². The quantitative estimate of drug-likeness (QED) is 0.461. The first-order valence-electron chi connectivity index (χ1n) is 11.9. The van der Waals surface area contributed by atoms with Crippen LogP contribution in [-0.4, -0.2) is 92.9 Å². The smallest absolute Gasteiger partial charge is 0.247 e. The van der Waals surface area contributed by atoms with Gasteiger partial charge in [0.25, 0.3) is 0 Å². The van der Waals surface area contributed by atoms with Crippen LogP contribution in [0.25, 0.3) is 0 Å². The SMILES string of the molecule is CCCCCN1CC=C[C@]23S[C@@H]4C=CCN(C)C(=O)[C@@H]4[C@H]2C(=O)N([C@@H](CC)CO)C3C1=O. The summed E-state index contributed by atoms with van der Waals surface area (Å²) in [6, 6.07) is -1.13. The average Bonchev–Trinajstić information content (AvgIpc) is 3.11. The fourth-order valence-electron chi connectivity index (χ4n) is 5.81. The predicted molar refractivity (Wildman–Crippen MR) is 125 cm³/mol. The Hall–Kier alpha value is -1.80. The van der Waals surface area contributed by atoms with E-state index in [1.54, 1.807) is 28.6 Å². The molecule has 6 atom stereocenters. The minimum atomic E-state index is -0.788. The molecule has 1 spiro atoms. The Bertz CT molecular complexity index is 826. The van der Waals surface area contributed by atoms with Crippen LogP contribution in [0.2, 0.25) is 0 Å². The number of hydrogen-bond acceptors (Lipinski definition) is 5. The Labute approximate surface area is 194 Å². The van der Waals surface area contributed by atoms with E-state index in [0.29, 0.717) is 26.1 Å². The van der Waals surface area contributed by atoms with E-state index in [1.165, 1.54) is 0 Å². The summed E-state index contributed by atoms with van der Waals surface area (Å²) in [6.07, 6.45) is 11.7. The van der Waals surface area contributed by atoms with Crippen LogP contribution in [0.5, 0.6) is 0 Å². The molecular formula is C24H35N3O4S. The number of aliphatic hydroxyl groups excluding tert-OH is 1. The summed E-state index contributed by atoms with van der Waals surface area (Å²) in [5.74, 6) is -1.35. The van der Waals surface area contributed by atoms with Gasteiger partial charge in [-0.25, -0.2) is 0 Å². The molecule has 0 bridgehead atoms. The van der Waals surface area contributed by atoms with Gasteiger partial charge in [-0.2, -0.15) is 0 Å². The highest BCUT2D eigenvalue weighted by atomic mass is 32.2. The molecule has 0 aliphatic carbocycles. The first-order valence-corrected chi connectivity index (χ1v) is 12.8. The fraction of sp³-hybridized carbons (Fsp3) is 0.708. The van der Waals surface area contributed by atoms with Crippen LogP contribution in [-0.2, 0) is 14.4 Å². The summed E-state index contributed by atoms with van der Waals surface area (Å²) < 4.78 is -0.788. The van der Waals surface area contributed by atoms with Gasteiger partial charge in [0.1, 0.15) is 6.04 Å². The fourth-order valence-corrected chi connectivity index (χ4v) is 7.80. The second-order valence-electron chi connectivity index (χ2n) is 9.37. The molecule has 176 valence electrons. The van der Waals surface area contributed by atoms with Gasteiger partial charge >= 0.3 is 0 Å². The third-order valence-corrected chi connectivity index (χ3v) is 9.23. The van der Waals surface area contributed by atoms with Crippen LogP contribution in [0.1, 0.15) is 39.5 Å². The first kappa shape index (κ1) is 23.4. The third-order valence-electron chi connectivity index (χ3n) is 7.49. The number of nitrogens with zero attached hydrogens (tertiary/aromatic N) is 3. The molecule has 4 rings (SSSR count). The number of aliphatic hydroxyl groups is 1. The van der Waals surface area contributed by atoms with Crippen molar-refractivity contribution >= 4 is 29.5 Å². The van der Waals surface area contributed by atoms with E-state index in [2.05, 4.69) is 6.92 Å². The maximum absolute atomic E-state index is 14.0. The average molecular weight is 462 g/mol. The molecular weight excluding hydrogens is 426 g/mol. The lowest BCUT2D eigenvalue weighted by Crippen LogP contribution is -2.56. The lowest BCUT2D eigenvalue weighted by Gasteiger charge is -2.38. The third kappa shape index (κ3) is 3.50. The van der Waals surface area contributed by atoms with Gasteiger partial charge in [-0.3, -0.25) is 14.4 Å². The zero-order valence-electron chi connectivity index (χ0n) is 19.3. The summed E-state index contributed by atoms with van der Waals surface area (Å²) in [7, 11) is 1.77. The topological polar surface area (TPSA) is 81.2 Å². The molecule has 4 aliphatic heterocycles. The van der Waals surface area contributed by atoms with Crippen LogP contribution in [0, 0.1) is 11.8 Å². The molecule has 32 heavy (non-hydrogen) atoms. The summed E-state index contributed by atoms with van der Waals surface area (Å²) in [5, 5.41) is 9.96. The minimum absolute atomic E-state index is 0.0368. The van der Waals surface area contributed by atoms with Crippen LogP contribution >= 0.6 is 11.8 Å². The van der Waals surface area contributed by atoms with E-state index >= 15 is 0 Å². The van der Waals surface area contributed by atoms with E-state index in [-0.39, 0.29) is 29.6 Å². The van der Waals surface area contributed by atoms with Crippen LogP contribution in [0.15, 0.2) is 24.3 Å². The summed E-state index contributed by atoms with van der Waals surface area (Å²) in [4.78, 5) is 46.4. The molecule has 0 aromatic rings. The number of carbonyl (C=O) groups excluding carboxylic acids is 3. The number of unbranched alkanes of at least 4 members (excludes halogenated alkanes) is 2. The van der Waals surface area contributed by atoms with Gasteiger partial charge in [0.2, 0.25) is 17.7 Å². The Balaban J connectivity index is 1.79. The largest absolute Gasteiger partial charge is 0.394 e. The molecule has 2 fully saturated rings. The summed E-state index contributed by atoms with van der Waals surface area (Å²) in [6.45, 7) is 5.57. The molecule has 1 unspecified atom stereocenters. The van der Waals surface area contributed by atoms with Crippen molar-refractivity contribution in [1.29, 1.82) is 0 Å². The van der Waals surface area contributed by atoms with E-state index in [0.717, 1.165) is 19.3 Å². The highest BCUT2D eigenvalue weighted by Crippen LogP contribution is 2.61. The molecule has 4 aliphatic rings. The zero-order chi connectivity index (χ0) is 23.0. The molecule has 0 saturated carbocycles. The molecule has 2 saturated heterocycles. The monoisotopic (exact) mass is 461 g/mol. The number of hydrogen-bond donors (Lipinski definition) is 1. The molecule has 1 N–H and O–H groups in total. The standard InChI is InChI=1S/C24H35N3O4S/c1-4-6-7-13-26-14-9-11-24-19(18-17(32-24)10-8-12-25(3)21(18)29)22(30)27(16(5-2)15-28)20(24)23(26)31/h8-11,16-20,28H,4-7,12-15H2,1-3H3/t16-,17+,18-,19-,20?,24-/m0/s1. The minimum Gasteiger partial charge on any atom is -0.394 e. The maximum atomic E-state index is 14.0. The van der Waals surface area contributed by atoms with E-state index < -0.39 is 28.7 Å². The van der Waals surface area contributed by atoms with Gasteiger partial charge in [0.15, 0.2) is 0 Å². The zero-order valence-corrected chi connectivity index (χ0v) is 20.1. The summed E-state index contributed by atoms with van der Waals surface area (Å²) >= 11 is 1.60. The summed E-state index contributed by atoms with van der Waals surface area (Å²) in [5.41, 5.74) is 0. The number of amides is 3. The number of likely N-dealkylation sites (N-methyl/N-ethyl adjacent to an activating group) is 1. The van der Waals surface area contributed by atoms with Crippen molar-refractivity contribution in [3.63, 3.8) is 0 Å². The predicted octanol–water partition coefficient (Wildman–Crippen LogP) is 1.67. The van der Waals surface area contributed by atoms with Crippen LogP contribution in [0.4, 0.5) is 0 Å². The Kier molecular flexibility index (Phi) is 6.73. The van der Waals surface area contributed by atoms with Crippen molar-refractivity contribution in [2.24, 2.45) is 11.8 Å². The molecule has 4 heterocycles. The van der Waals surface area contributed by atoms with Gasteiger partial charge in [-0.15, -0.1) is 11.8 Å². The molecule has 0 aromatic carbocycles.